The van der Waals surface area contributed by atoms with Gasteiger partial charge in [0.1, 0.15) is 0 Å². The molecule has 0 radical (unpaired) electrons. The van der Waals surface area contributed by atoms with Crippen LogP contribution in [0.25, 0.3) is 0 Å². The minimum atomic E-state index is 0.137. The lowest BCUT2D eigenvalue weighted by Crippen LogP contribution is -2.32. The molecule has 1 saturated heterocycles. The van der Waals surface area contributed by atoms with E-state index in [1.54, 1.807) is 0 Å². The second kappa shape index (κ2) is 4.19. The smallest absolute Gasteiger partial charge is 0.0910 e. The fourth-order valence-electron chi connectivity index (χ4n) is 2.50. The van der Waals surface area contributed by atoms with Crippen molar-refractivity contribution >= 4 is 38.5 Å². The van der Waals surface area contributed by atoms with Gasteiger partial charge >= 0.3 is 0 Å². The molecule has 1 aliphatic heterocycles. The Hall–Kier alpha value is 0.910. The van der Waals surface area contributed by atoms with E-state index in [4.69, 9.17) is 4.74 Å². The van der Waals surface area contributed by atoms with Gasteiger partial charge in [-0.15, -0.1) is 0 Å². The lowest BCUT2D eigenvalue weighted by Gasteiger charge is -2.34. The van der Waals surface area contributed by atoms with Crippen molar-refractivity contribution in [2.24, 2.45) is 0 Å². The molecule has 2 fully saturated rings. The molecule has 1 nitrogen and oxygen atoms in total. The summed E-state index contributed by atoms with van der Waals surface area (Å²) in [5.74, 6) is 0. The molecule has 74 valence electrons. The molecule has 0 unspecified atom stereocenters. The highest BCUT2D eigenvalue weighted by atomic mass is 127. The third-order valence-corrected chi connectivity index (χ3v) is 4.30. The summed E-state index contributed by atoms with van der Waals surface area (Å²) in [7, 11) is 0. The van der Waals surface area contributed by atoms with Gasteiger partial charge in [0.15, 0.2) is 0 Å². The molecule has 0 atom stereocenters. The minimum Gasteiger partial charge on any atom is -0.370 e. The Bertz CT molecular complexity index is 227. The van der Waals surface area contributed by atoms with E-state index < -0.39 is 0 Å². The molecule has 1 spiro atoms. The summed E-state index contributed by atoms with van der Waals surface area (Å²) >= 11 is 5.97. The van der Waals surface area contributed by atoms with Crippen LogP contribution in [0.2, 0.25) is 0 Å². The molecule has 3 heteroatoms. The summed E-state index contributed by atoms with van der Waals surface area (Å²) in [4.78, 5) is 0. The van der Waals surface area contributed by atoms with Gasteiger partial charge in [0, 0.05) is 0 Å². The average molecular weight is 357 g/mol. The third kappa shape index (κ3) is 1.97. The summed E-state index contributed by atoms with van der Waals surface area (Å²) in [5.41, 5.74) is 1.66. The Morgan fingerprint density at radius 3 is 2.62 bits per heavy atom. The molecule has 13 heavy (non-hydrogen) atoms. The standard InChI is InChI=1S/C10H14BrIO/c11-9(12)8-4-7-13-10(8)5-2-1-3-6-10/h1-7H2/b9-8+. The topological polar surface area (TPSA) is 9.23 Å². The van der Waals surface area contributed by atoms with Crippen molar-refractivity contribution in [2.45, 2.75) is 44.1 Å². The molecular weight excluding hydrogens is 343 g/mol. The van der Waals surface area contributed by atoms with Crippen LogP contribution in [0, 0.1) is 0 Å². The second-order valence-electron chi connectivity index (χ2n) is 3.89. The predicted molar refractivity (Wildman–Crippen MR) is 66.4 cm³/mol. The molecular formula is C10H14BrIO. The van der Waals surface area contributed by atoms with Crippen molar-refractivity contribution in [3.8, 4) is 0 Å². The van der Waals surface area contributed by atoms with Crippen molar-refractivity contribution in [3.63, 3.8) is 0 Å². The van der Waals surface area contributed by atoms with E-state index in [1.807, 2.05) is 0 Å². The van der Waals surface area contributed by atoms with Crippen LogP contribution in [-0.4, -0.2) is 12.2 Å². The van der Waals surface area contributed by atoms with E-state index in [9.17, 15) is 0 Å². The van der Waals surface area contributed by atoms with Crippen molar-refractivity contribution in [1.82, 2.24) is 0 Å². The maximum Gasteiger partial charge on any atom is 0.0910 e. The van der Waals surface area contributed by atoms with Crippen LogP contribution in [-0.2, 0) is 4.74 Å². The number of rotatable bonds is 0. The van der Waals surface area contributed by atoms with E-state index in [-0.39, 0.29) is 5.60 Å². The Balaban J connectivity index is 2.24. The van der Waals surface area contributed by atoms with Gasteiger partial charge in [0.05, 0.1) is 14.7 Å². The molecule has 1 aliphatic carbocycles. The fraction of sp³-hybridized carbons (Fsp3) is 0.800. The van der Waals surface area contributed by atoms with E-state index >= 15 is 0 Å². The molecule has 1 heterocycles. The molecule has 0 aromatic heterocycles. The van der Waals surface area contributed by atoms with E-state index in [2.05, 4.69) is 38.5 Å². The first-order valence-electron chi connectivity index (χ1n) is 4.93. The van der Waals surface area contributed by atoms with E-state index in [1.165, 1.54) is 40.2 Å². The van der Waals surface area contributed by atoms with E-state index in [0.29, 0.717) is 0 Å². The summed E-state index contributed by atoms with van der Waals surface area (Å²) in [5, 5.41) is 0. The normalized spacial score (nSPS) is 30.9. The van der Waals surface area contributed by atoms with Crippen LogP contribution < -0.4 is 0 Å². The summed E-state index contributed by atoms with van der Waals surface area (Å²) in [6, 6.07) is 0. The Labute approximate surface area is 102 Å². The van der Waals surface area contributed by atoms with Gasteiger partial charge in [-0.3, -0.25) is 0 Å². The number of hydrogen-bond acceptors (Lipinski definition) is 1. The first-order valence-corrected chi connectivity index (χ1v) is 6.80. The van der Waals surface area contributed by atoms with Crippen LogP contribution >= 0.6 is 38.5 Å². The number of ether oxygens (including phenoxy) is 1. The molecule has 2 aliphatic rings. The Morgan fingerprint density at radius 1 is 1.31 bits per heavy atom. The van der Waals surface area contributed by atoms with Gasteiger partial charge in [-0.2, -0.15) is 0 Å². The van der Waals surface area contributed by atoms with Crippen molar-refractivity contribution in [3.05, 3.63) is 8.06 Å². The molecule has 0 amide bonds. The SMILES string of the molecule is Br/C(I)=C1/CCOC12CCCCC2. The molecule has 0 aromatic rings. The highest BCUT2D eigenvalue weighted by Crippen LogP contribution is 2.46. The molecule has 0 N–H and O–H groups in total. The number of hydrogen-bond donors (Lipinski definition) is 0. The van der Waals surface area contributed by atoms with Crippen LogP contribution in [0.4, 0.5) is 0 Å². The van der Waals surface area contributed by atoms with Crippen LogP contribution in [0.3, 0.4) is 0 Å². The second-order valence-corrected chi connectivity index (χ2v) is 7.25. The fourth-order valence-corrected chi connectivity index (χ4v) is 3.82. The molecule has 2 rings (SSSR count). The molecule has 0 bridgehead atoms. The third-order valence-electron chi connectivity index (χ3n) is 3.17. The summed E-state index contributed by atoms with van der Waals surface area (Å²) < 4.78 is 7.24. The average Bonchev–Trinajstić information content (AvgIpc) is 2.50. The Morgan fingerprint density at radius 2 is 2.00 bits per heavy atom. The first-order chi connectivity index (χ1) is 6.25. The van der Waals surface area contributed by atoms with E-state index in [0.717, 1.165) is 13.0 Å². The van der Waals surface area contributed by atoms with Crippen molar-refractivity contribution in [1.29, 1.82) is 0 Å². The zero-order chi connectivity index (χ0) is 9.31. The van der Waals surface area contributed by atoms with Crippen LogP contribution in [0.1, 0.15) is 38.5 Å². The quantitative estimate of drug-likeness (QED) is 0.592. The van der Waals surface area contributed by atoms with Gasteiger partial charge < -0.3 is 4.74 Å². The van der Waals surface area contributed by atoms with Gasteiger partial charge in [-0.05, 0) is 63.4 Å². The van der Waals surface area contributed by atoms with Crippen molar-refractivity contribution < 1.29 is 4.74 Å². The highest BCUT2D eigenvalue weighted by molar-refractivity contribution is 14.1. The molecule has 1 saturated carbocycles. The summed E-state index contributed by atoms with van der Waals surface area (Å²) in [6.45, 7) is 0.924. The van der Waals surface area contributed by atoms with Crippen molar-refractivity contribution in [2.75, 3.05) is 6.61 Å². The largest absolute Gasteiger partial charge is 0.370 e. The maximum absolute atomic E-state index is 5.96. The summed E-state index contributed by atoms with van der Waals surface area (Å²) in [6.07, 6.45) is 7.66. The Kier molecular flexibility index (Phi) is 3.36. The predicted octanol–water partition coefficient (Wildman–Crippen LogP) is 4.15. The number of halogens is 2. The minimum absolute atomic E-state index is 0.137. The highest BCUT2D eigenvalue weighted by Gasteiger charge is 2.41. The van der Waals surface area contributed by atoms with Crippen LogP contribution in [0.15, 0.2) is 8.06 Å². The lowest BCUT2D eigenvalue weighted by atomic mass is 9.80. The van der Waals surface area contributed by atoms with Gasteiger partial charge in [0.25, 0.3) is 0 Å². The maximum atomic E-state index is 5.96. The first kappa shape index (κ1) is 10.4. The zero-order valence-corrected chi connectivity index (χ0v) is 11.4. The van der Waals surface area contributed by atoms with Gasteiger partial charge in [-0.25, -0.2) is 0 Å². The zero-order valence-electron chi connectivity index (χ0n) is 7.61. The lowest BCUT2D eigenvalue weighted by molar-refractivity contribution is -0.00386. The monoisotopic (exact) mass is 356 g/mol. The van der Waals surface area contributed by atoms with Gasteiger partial charge in [0.2, 0.25) is 0 Å². The molecule has 0 aromatic carbocycles. The van der Waals surface area contributed by atoms with Gasteiger partial charge in [-0.1, -0.05) is 19.3 Å². The van der Waals surface area contributed by atoms with Crippen LogP contribution in [0.5, 0.6) is 0 Å².